The van der Waals surface area contributed by atoms with E-state index in [1.54, 1.807) is 4.90 Å². The highest BCUT2D eigenvalue weighted by Crippen LogP contribution is 2.39. The number of aromatic carboxylic acids is 1. The summed E-state index contributed by atoms with van der Waals surface area (Å²) < 4.78 is 36.1. The summed E-state index contributed by atoms with van der Waals surface area (Å²) in [4.78, 5) is 26.5. The number of hydrogen-bond donors (Lipinski definition) is 4. The molecule has 0 radical (unpaired) electrons. The maximum atomic E-state index is 15.4. The van der Waals surface area contributed by atoms with Crippen LogP contribution in [0.1, 0.15) is 28.8 Å². The molecule has 2 saturated heterocycles. The number of nitrogens with one attached hydrogen (secondary N) is 1. The smallest absolute Gasteiger partial charge is 0.341 e. The van der Waals surface area contributed by atoms with Crippen molar-refractivity contribution in [3.8, 4) is 5.69 Å². The lowest BCUT2D eigenvalue weighted by Crippen LogP contribution is -2.61. The summed E-state index contributed by atoms with van der Waals surface area (Å²) in [6.45, 7) is 1.72. The summed E-state index contributed by atoms with van der Waals surface area (Å²) in [6, 6.07) is 3.61. The number of pyridine rings is 1. The zero-order chi connectivity index (χ0) is 26.4. The van der Waals surface area contributed by atoms with Crippen LogP contribution in [0.15, 0.2) is 29.2 Å². The minimum atomic E-state index is -1.54. The van der Waals surface area contributed by atoms with Crippen LogP contribution in [0.4, 0.5) is 20.2 Å². The molecule has 2 aromatic carbocycles. The van der Waals surface area contributed by atoms with Crippen LogP contribution >= 0.6 is 11.6 Å². The molecule has 0 unspecified atom stereocenters. The molecule has 0 atom stereocenters. The molecule has 5 N–H and O–H groups in total. The van der Waals surface area contributed by atoms with Crippen LogP contribution in [-0.4, -0.2) is 59.1 Å². The number of nitrogens with two attached hydrogens (primary N) is 1. The van der Waals surface area contributed by atoms with Crippen LogP contribution in [0.3, 0.4) is 0 Å². The Morgan fingerprint density at radius 2 is 1.86 bits per heavy atom. The van der Waals surface area contributed by atoms with Gasteiger partial charge in [0, 0.05) is 50.1 Å². The summed E-state index contributed by atoms with van der Waals surface area (Å²) in [5.74, 6) is -3.08. The molecule has 0 spiro atoms. The Hall–Kier alpha value is -3.25. The van der Waals surface area contributed by atoms with Crippen LogP contribution < -0.4 is 21.4 Å². The van der Waals surface area contributed by atoms with Crippen LogP contribution in [0.5, 0.6) is 0 Å². The predicted octanol–water partition coefficient (Wildman–Crippen LogP) is 2.65. The molecule has 0 saturated carbocycles. The molecule has 0 aliphatic carbocycles. The highest BCUT2D eigenvalue weighted by Gasteiger charge is 2.34. The van der Waals surface area contributed by atoms with Gasteiger partial charge in [-0.2, -0.15) is 0 Å². The van der Waals surface area contributed by atoms with E-state index in [1.807, 2.05) is 0 Å². The van der Waals surface area contributed by atoms with E-state index < -0.39 is 35.2 Å². The minimum absolute atomic E-state index is 0.0228. The van der Waals surface area contributed by atoms with E-state index in [-0.39, 0.29) is 44.6 Å². The number of carbonyl (C=O) groups is 1. The highest BCUT2D eigenvalue weighted by molar-refractivity contribution is 6.38. The number of rotatable bonds is 6. The molecule has 37 heavy (non-hydrogen) atoms. The molecular weight excluding hydrogens is 510 g/mol. The van der Waals surface area contributed by atoms with E-state index in [1.165, 1.54) is 10.6 Å². The summed E-state index contributed by atoms with van der Waals surface area (Å²) in [5.41, 5.74) is 4.18. The Morgan fingerprint density at radius 1 is 1.16 bits per heavy atom. The van der Waals surface area contributed by atoms with Gasteiger partial charge in [0.25, 0.3) is 0 Å². The zero-order valence-corrected chi connectivity index (χ0v) is 20.4. The van der Waals surface area contributed by atoms with Crippen molar-refractivity contribution in [3.63, 3.8) is 0 Å². The lowest BCUT2D eigenvalue weighted by Gasteiger charge is -2.44. The van der Waals surface area contributed by atoms with Gasteiger partial charge in [-0.15, -0.1) is 0 Å². The number of aliphatic hydroxyl groups is 1. The van der Waals surface area contributed by atoms with E-state index in [9.17, 15) is 24.2 Å². The van der Waals surface area contributed by atoms with Crippen LogP contribution in [-0.2, 0) is 11.3 Å². The monoisotopic (exact) mass is 534 g/mol. The summed E-state index contributed by atoms with van der Waals surface area (Å²) >= 11 is 6.73. The van der Waals surface area contributed by atoms with Crippen LogP contribution in [0.25, 0.3) is 16.6 Å². The Kier molecular flexibility index (Phi) is 6.80. The topological polar surface area (TPSA) is 130 Å². The minimum Gasteiger partial charge on any atom is -0.477 e. The van der Waals surface area contributed by atoms with Crippen molar-refractivity contribution in [3.05, 3.63) is 62.4 Å². The van der Waals surface area contributed by atoms with Crippen molar-refractivity contribution in [2.45, 2.75) is 31.5 Å². The molecule has 196 valence electrons. The predicted molar refractivity (Wildman–Crippen MR) is 135 cm³/mol. The number of aromatic nitrogens is 1. The number of nitrogens with zero attached hydrogens (tertiary/aromatic N) is 2. The van der Waals surface area contributed by atoms with Gasteiger partial charge in [-0.3, -0.25) is 4.79 Å². The van der Waals surface area contributed by atoms with Crippen LogP contribution in [0.2, 0.25) is 5.02 Å². The number of anilines is 2. The molecule has 3 aromatic rings. The third-order valence-electron chi connectivity index (χ3n) is 6.91. The fourth-order valence-electron chi connectivity index (χ4n) is 4.97. The first kappa shape index (κ1) is 25.4. The molecule has 12 heteroatoms. The SMILES string of the molecule is Nc1cc(-n2cc(C(=O)O)c(=O)c3cc(F)c(N4CC(NC5CCOCC5)C4)c(Cl)c32)c(CO)cc1F. The average Bonchev–Trinajstić information content (AvgIpc) is 2.84. The number of carboxylic acid groups (broad SMARTS) is 1. The van der Waals surface area contributed by atoms with Crippen molar-refractivity contribution in [1.82, 2.24) is 9.88 Å². The summed E-state index contributed by atoms with van der Waals surface area (Å²) in [6.07, 6.45) is 2.82. The quantitative estimate of drug-likeness (QED) is 0.355. The van der Waals surface area contributed by atoms with Crippen molar-refractivity contribution >= 4 is 39.8 Å². The fraction of sp³-hybridized carbons (Fsp3) is 0.360. The lowest BCUT2D eigenvalue weighted by atomic mass is 10.0. The van der Waals surface area contributed by atoms with Gasteiger partial charge in [0.05, 0.1) is 39.6 Å². The number of ether oxygens (including phenoxy) is 1. The van der Waals surface area contributed by atoms with Gasteiger partial charge in [0.1, 0.15) is 17.2 Å². The molecule has 0 amide bonds. The van der Waals surface area contributed by atoms with Gasteiger partial charge >= 0.3 is 5.97 Å². The zero-order valence-electron chi connectivity index (χ0n) is 19.6. The maximum absolute atomic E-state index is 15.4. The van der Waals surface area contributed by atoms with Crippen molar-refractivity contribution in [1.29, 1.82) is 0 Å². The lowest BCUT2D eigenvalue weighted by molar-refractivity contribution is 0.0694. The maximum Gasteiger partial charge on any atom is 0.341 e. The van der Waals surface area contributed by atoms with E-state index in [2.05, 4.69) is 5.32 Å². The Labute approximate surface area is 215 Å². The molecule has 2 aliphatic rings. The highest BCUT2D eigenvalue weighted by atomic mass is 35.5. The number of benzene rings is 2. The third kappa shape index (κ3) is 4.52. The number of fused-ring (bicyclic) bond motifs is 1. The molecule has 2 fully saturated rings. The van der Waals surface area contributed by atoms with Gasteiger partial charge in [-0.25, -0.2) is 13.6 Å². The van der Waals surface area contributed by atoms with E-state index in [0.29, 0.717) is 32.3 Å². The molecule has 2 aliphatic heterocycles. The number of hydrogen-bond acceptors (Lipinski definition) is 7. The Balaban J connectivity index is 1.63. The van der Waals surface area contributed by atoms with E-state index >= 15 is 4.39 Å². The number of aliphatic hydroxyl groups excluding tert-OH is 1. The first-order valence-corrected chi connectivity index (χ1v) is 12.2. The standard InChI is InChI=1S/C25H25ClF2N4O5/c26-21-22-15(6-18(28)23(21)31-8-14(9-31)30-13-1-3-37-4-2-13)24(34)16(25(35)36)10-32(22)20-7-19(29)17(27)5-12(20)11-33/h5-7,10,13-14,30,33H,1-4,8-9,11,29H2,(H,35,36). The Bertz CT molecular complexity index is 1450. The molecular formula is C25H25ClF2N4O5. The molecule has 5 rings (SSSR count). The second-order valence-electron chi connectivity index (χ2n) is 9.28. The van der Waals surface area contributed by atoms with Gasteiger partial charge in [-0.05, 0) is 31.0 Å². The van der Waals surface area contributed by atoms with Gasteiger partial charge in [-0.1, -0.05) is 11.6 Å². The Morgan fingerprint density at radius 3 is 2.51 bits per heavy atom. The molecule has 3 heterocycles. The number of nitrogen functional groups attached to an aromatic ring is 1. The van der Waals surface area contributed by atoms with Gasteiger partial charge in [0.15, 0.2) is 0 Å². The van der Waals surface area contributed by atoms with E-state index in [0.717, 1.165) is 31.2 Å². The largest absolute Gasteiger partial charge is 0.477 e. The van der Waals surface area contributed by atoms with Crippen molar-refractivity contribution < 1.29 is 28.5 Å². The molecule has 0 bridgehead atoms. The number of carboxylic acids is 1. The summed E-state index contributed by atoms with van der Waals surface area (Å²) in [7, 11) is 0. The molecule has 9 nitrogen and oxygen atoms in total. The second kappa shape index (κ2) is 9.90. The van der Waals surface area contributed by atoms with Crippen molar-refractivity contribution in [2.24, 2.45) is 0 Å². The average molecular weight is 535 g/mol. The fourth-order valence-corrected chi connectivity index (χ4v) is 5.37. The molecule has 1 aromatic heterocycles. The second-order valence-corrected chi connectivity index (χ2v) is 9.66. The third-order valence-corrected chi connectivity index (χ3v) is 7.26. The summed E-state index contributed by atoms with van der Waals surface area (Å²) in [5, 5.41) is 22.6. The first-order valence-electron chi connectivity index (χ1n) is 11.8. The van der Waals surface area contributed by atoms with Crippen LogP contribution in [0, 0.1) is 11.6 Å². The van der Waals surface area contributed by atoms with Gasteiger partial charge < -0.3 is 35.5 Å². The first-order chi connectivity index (χ1) is 17.7. The van der Waals surface area contributed by atoms with Crippen molar-refractivity contribution in [2.75, 3.05) is 36.9 Å². The van der Waals surface area contributed by atoms with Gasteiger partial charge in [0.2, 0.25) is 5.43 Å². The van der Waals surface area contributed by atoms with E-state index in [4.69, 9.17) is 22.1 Å². The normalized spacial score (nSPS) is 16.8. The number of halogens is 3.